The van der Waals surface area contributed by atoms with Gasteiger partial charge in [-0.1, -0.05) is 0 Å². The number of amides is 1. The van der Waals surface area contributed by atoms with Crippen LogP contribution >= 0.6 is 27.5 Å². The molecule has 0 saturated carbocycles. The van der Waals surface area contributed by atoms with Crippen LogP contribution in [0.1, 0.15) is 22.6 Å². The molecule has 1 aliphatic rings. The van der Waals surface area contributed by atoms with Crippen molar-refractivity contribution < 1.29 is 4.79 Å². The van der Waals surface area contributed by atoms with Gasteiger partial charge in [-0.3, -0.25) is 14.2 Å². The van der Waals surface area contributed by atoms with Crippen LogP contribution in [0.3, 0.4) is 0 Å². The maximum Gasteiger partial charge on any atom is 0.273 e. The second kappa shape index (κ2) is 7.45. The first kappa shape index (κ1) is 20.2. The van der Waals surface area contributed by atoms with Gasteiger partial charge in [0.1, 0.15) is 11.3 Å². The van der Waals surface area contributed by atoms with Crippen molar-refractivity contribution in [2.45, 2.75) is 19.5 Å². The molecule has 0 saturated heterocycles. The molecule has 0 bridgehead atoms. The molecule has 5 rings (SSSR count). The first-order valence-electron chi connectivity index (χ1n) is 9.84. The molecule has 0 N–H and O–H groups in total. The van der Waals surface area contributed by atoms with Gasteiger partial charge in [0.25, 0.3) is 5.91 Å². The Hall–Kier alpha value is -2.72. The van der Waals surface area contributed by atoms with Gasteiger partial charge in [0.2, 0.25) is 5.28 Å². The maximum absolute atomic E-state index is 12.4. The summed E-state index contributed by atoms with van der Waals surface area (Å²) in [6, 6.07) is 3.79. The summed E-state index contributed by atoms with van der Waals surface area (Å²) in [5.41, 5.74) is 3.01. The van der Waals surface area contributed by atoms with E-state index in [4.69, 9.17) is 11.6 Å². The van der Waals surface area contributed by atoms with Crippen LogP contribution in [0, 0.1) is 0 Å². The second-order valence-electron chi connectivity index (χ2n) is 7.85. The van der Waals surface area contributed by atoms with Gasteiger partial charge >= 0.3 is 0 Å². The van der Waals surface area contributed by atoms with Gasteiger partial charge in [-0.05, 0) is 46.1 Å². The van der Waals surface area contributed by atoms with Gasteiger partial charge in [-0.15, -0.1) is 0 Å². The van der Waals surface area contributed by atoms with Gasteiger partial charge < -0.3 is 9.80 Å². The van der Waals surface area contributed by atoms with E-state index < -0.39 is 0 Å². The highest BCUT2D eigenvalue weighted by atomic mass is 79.9. The fourth-order valence-corrected chi connectivity index (χ4v) is 4.72. The van der Waals surface area contributed by atoms with Crippen LogP contribution in [0.4, 0.5) is 5.82 Å². The topological polar surface area (TPSA) is 85.0 Å². The van der Waals surface area contributed by atoms with Crippen LogP contribution in [-0.2, 0) is 20.1 Å². The van der Waals surface area contributed by atoms with E-state index >= 15 is 0 Å². The zero-order chi connectivity index (χ0) is 21.9. The second-order valence-corrected chi connectivity index (χ2v) is 9.04. The van der Waals surface area contributed by atoms with Gasteiger partial charge in [0, 0.05) is 50.3 Å². The number of carbonyl (C=O) groups is 1. The maximum atomic E-state index is 12.4. The lowest BCUT2D eigenvalue weighted by Gasteiger charge is -2.23. The smallest absolute Gasteiger partial charge is 0.273 e. The normalized spacial score (nSPS) is 14.2. The van der Waals surface area contributed by atoms with Gasteiger partial charge in [0.05, 0.1) is 23.1 Å². The van der Waals surface area contributed by atoms with Crippen molar-refractivity contribution in [2.75, 3.05) is 25.5 Å². The van der Waals surface area contributed by atoms with Crippen molar-refractivity contribution >= 4 is 61.1 Å². The lowest BCUT2D eigenvalue weighted by molar-refractivity contribution is 0.0821. The average Bonchev–Trinajstić information content (AvgIpc) is 3.24. The molecule has 0 atom stereocenters. The molecule has 0 aliphatic carbocycles. The van der Waals surface area contributed by atoms with Crippen LogP contribution in [0.15, 0.2) is 22.8 Å². The van der Waals surface area contributed by atoms with Crippen LogP contribution in [0.25, 0.3) is 21.8 Å². The largest absolute Gasteiger partial charge is 0.350 e. The third-order valence-electron chi connectivity index (χ3n) is 5.42. The summed E-state index contributed by atoms with van der Waals surface area (Å²) in [4.78, 5) is 25.2. The molecule has 4 aromatic rings. The first-order valence-corrected chi connectivity index (χ1v) is 11.0. The van der Waals surface area contributed by atoms with Crippen LogP contribution < -0.4 is 4.90 Å². The number of aryl methyl sites for hydroxylation is 2. The Morgan fingerprint density at radius 3 is 2.77 bits per heavy atom. The third kappa shape index (κ3) is 3.43. The summed E-state index contributed by atoms with van der Waals surface area (Å²) in [6.07, 6.45) is 2.83. The number of anilines is 1. The van der Waals surface area contributed by atoms with Crippen molar-refractivity contribution in [3.63, 3.8) is 0 Å². The molecule has 4 heterocycles. The molecule has 3 aromatic heterocycles. The monoisotopic (exact) mass is 502 g/mol. The fourth-order valence-electron chi connectivity index (χ4n) is 4.04. The molecular weight excluding hydrogens is 484 g/mol. The zero-order valence-corrected chi connectivity index (χ0v) is 19.6. The summed E-state index contributed by atoms with van der Waals surface area (Å²) < 4.78 is 4.55. The van der Waals surface area contributed by atoms with Gasteiger partial charge in [-0.25, -0.2) is 4.98 Å². The number of hydrogen-bond donors (Lipinski definition) is 0. The highest BCUT2D eigenvalue weighted by molar-refractivity contribution is 9.10. The zero-order valence-electron chi connectivity index (χ0n) is 17.3. The number of carbonyl (C=O) groups excluding carboxylic acids is 1. The molecule has 0 spiro atoms. The lowest BCUT2D eigenvalue weighted by atomic mass is 10.1. The fraction of sp³-hybridized carbons (Fsp3) is 0.350. The van der Waals surface area contributed by atoms with Crippen LogP contribution in [0.2, 0.25) is 5.28 Å². The summed E-state index contributed by atoms with van der Waals surface area (Å²) in [6.45, 7) is 2.08. The van der Waals surface area contributed by atoms with E-state index in [-0.39, 0.29) is 11.2 Å². The van der Waals surface area contributed by atoms with Gasteiger partial charge in [-0.2, -0.15) is 15.2 Å². The first-order chi connectivity index (χ1) is 14.8. The quantitative estimate of drug-likeness (QED) is 0.391. The van der Waals surface area contributed by atoms with Crippen molar-refractivity contribution in [3.8, 4) is 0 Å². The Kier molecular flexibility index (Phi) is 4.86. The molecule has 1 aliphatic heterocycles. The predicted molar refractivity (Wildman–Crippen MR) is 122 cm³/mol. The number of rotatable bonds is 2. The summed E-state index contributed by atoms with van der Waals surface area (Å²) in [5.74, 6) is 0.653. The number of halogens is 2. The van der Waals surface area contributed by atoms with Crippen molar-refractivity contribution in [3.05, 3.63) is 39.5 Å². The van der Waals surface area contributed by atoms with Crippen molar-refractivity contribution in [1.29, 1.82) is 0 Å². The molecule has 1 amide bonds. The van der Waals surface area contributed by atoms with E-state index in [1.54, 1.807) is 18.8 Å². The lowest BCUT2D eigenvalue weighted by Crippen LogP contribution is -2.24. The molecular formula is C20H20BrClN8O. The Balaban J connectivity index is 1.65. The standard InChI is InChI=1S/C20H20BrClN8O/c1-27(2)19(31)15-7-11-9-29(5-4-6-30(11)25-15)18-16-12-10-28(3)26-17(12)13(21)8-14(16)23-20(22)24-18/h7-8,10H,4-6,9H2,1-3H3. The molecule has 0 radical (unpaired) electrons. The number of fused-ring (bicyclic) bond motifs is 4. The minimum absolute atomic E-state index is 0.107. The number of hydrogen-bond acceptors (Lipinski definition) is 6. The molecule has 11 heteroatoms. The Bertz CT molecular complexity index is 1340. The summed E-state index contributed by atoms with van der Waals surface area (Å²) in [7, 11) is 5.35. The Morgan fingerprint density at radius 1 is 1.19 bits per heavy atom. The Morgan fingerprint density at radius 2 is 2.00 bits per heavy atom. The van der Waals surface area contributed by atoms with Crippen LogP contribution in [0.5, 0.6) is 0 Å². The van der Waals surface area contributed by atoms with E-state index in [0.29, 0.717) is 12.2 Å². The summed E-state index contributed by atoms with van der Waals surface area (Å²) in [5, 5.41) is 11.2. The predicted octanol–water partition coefficient (Wildman–Crippen LogP) is 3.24. The molecule has 31 heavy (non-hydrogen) atoms. The highest BCUT2D eigenvalue weighted by Crippen LogP contribution is 2.36. The third-order valence-corrected chi connectivity index (χ3v) is 6.19. The average molecular weight is 504 g/mol. The highest BCUT2D eigenvalue weighted by Gasteiger charge is 2.24. The van der Waals surface area contributed by atoms with E-state index in [9.17, 15) is 4.79 Å². The Labute approximate surface area is 191 Å². The minimum atomic E-state index is -0.107. The molecule has 0 unspecified atom stereocenters. The molecule has 1 aromatic carbocycles. The molecule has 160 valence electrons. The number of nitrogens with zero attached hydrogens (tertiary/aromatic N) is 8. The SMILES string of the molecule is CN(C)C(=O)c1cc2n(n1)CCCN(c1nc(Cl)nc3cc(Br)c4nn(C)cc4c13)C2. The van der Waals surface area contributed by atoms with Gasteiger partial charge in [0.15, 0.2) is 5.69 Å². The van der Waals surface area contributed by atoms with E-state index in [1.165, 1.54) is 4.90 Å². The number of aromatic nitrogens is 6. The van der Waals surface area contributed by atoms with Crippen LogP contribution in [-0.4, -0.2) is 61.0 Å². The molecule has 9 nitrogen and oxygen atoms in total. The number of benzene rings is 1. The summed E-state index contributed by atoms with van der Waals surface area (Å²) >= 11 is 9.92. The van der Waals surface area contributed by atoms with E-state index in [1.807, 2.05) is 30.1 Å². The molecule has 0 fully saturated rings. The minimum Gasteiger partial charge on any atom is -0.350 e. The van der Waals surface area contributed by atoms with Crippen molar-refractivity contribution in [1.82, 2.24) is 34.4 Å². The van der Waals surface area contributed by atoms with Crippen molar-refractivity contribution in [2.24, 2.45) is 7.05 Å². The van der Waals surface area contributed by atoms with E-state index in [2.05, 4.69) is 41.0 Å². The van der Waals surface area contributed by atoms with E-state index in [0.717, 1.165) is 57.3 Å².